The second-order valence-corrected chi connectivity index (χ2v) is 4.78. The summed E-state index contributed by atoms with van der Waals surface area (Å²) >= 11 is 0. The fraction of sp³-hybridized carbons (Fsp3) is 0.533. The fourth-order valence-corrected chi connectivity index (χ4v) is 2.23. The van der Waals surface area contributed by atoms with Crippen molar-refractivity contribution >= 4 is 5.78 Å². The van der Waals surface area contributed by atoms with Crippen molar-refractivity contribution in [2.75, 3.05) is 13.6 Å². The van der Waals surface area contributed by atoms with Gasteiger partial charge in [-0.1, -0.05) is 13.8 Å². The standard InChI is InChI=1S/C15H21F2NO/c1-4-14(5-2)18(3)7-6-15(19)11-8-12(16)10-13(17)9-11/h8-10,14H,4-7H2,1-3H3. The lowest BCUT2D eigenvalue weighted by molar-refractivity contribution is 0.0957. The van der Waals surface area contributed by atoms with Crippen molar-refractivity contribution < 1.29 is 13.6 Å². The van der Waals surface area contributed by atoms with Crippen LogP contribution >= 0.6 is 0 Å². The molecule has 0 heterocycles. The molecule has 0 unspecified atom stereocenters. The first-order valence-electron chi connectivity index (χ1n) is 6.67. The molecule has 1 rings (SSSR count). The van der Waals surface area contributed by atoms with Gasteiger partial charge in [0.05, 0.1) is 0 Å². The maximum atomic E-state index is 13.0. The molecule has 0 aliphatic rings. The van der Waals surface area contributed by atoms with Gasteiger partial charge in [0.2, 0.25) is 0 Å². The van der Waals surface area contributed by atoms with Gasteiger partial charge in [-0.15, -0.1) is 0 Å². The summed E-state index contributed by atoms with van der Waals surface area (Å²) in [5, 5.41) is 0. The van der Waals surface area contributed by atoms with Gasteiger partial charge in [0, 0.05) is 30.6 Å². The lowest BCUT2D eigenvalue weighted by atomic mass is 10.1. The van der Waals surface area contributed by atoms with E-state index < -0.39 is 11.6 Å². The molecule has 2 nitrogen and oxygen atoms in total. The third-order valence-electron chi connectivity index (χ3n) is 3.44. The third kappa shape index (κ3) is 4.71. The zero-order valence-corrected chi connectivity index (χ0v) is 11.7. The summed E-state index contributed by atoms with van der Waals surface area (Å²) in [6.45, 7) is 4.81. The van der Waals surface area contributed by atoms with Gasteiger partial charge in [0.15, 0.2) is 5.78 Å². The molecule has 4 heteroatoms. The Kier molecular flexibility index (Phi) is 6.09. The van der Waals surface area contributed by atoms with Crippen LogP contribution in [0.4, 0.5) is 8.78 Å². The molecule has 0 aliphatic carbocycles. The Morgan fingerprint density at radius 3 is 2.16 bits per heavy atom. The number of benzene rings is 1. The summed E-state index contributed by atoms with van der Waals surface area (Å²) in [5.41, 5.74) is 0.107. The molecular weight excluding hydrogens is 248 g/mol. The molecule has 1 aromatic rings. The van der Waals surface area contributed by atoms with Crippen molar-refractivity contribution in [1.29, 1.82) is 0 Å². The minimum atomic E-state index is -0.711. The molecular formula is C15H21F2NO. The molecule has 19 heavy (non-hydrogen) atoms. The SMILES string of the molecule is CCC(CC)N(C)CCC(=O)c1cc(F)cc(F)c1. The van der Waals surface area contributed by atoms with Crippen molar-refractivity contribution in [3.63, 3.8) is 0 Å². The van der Waals surface area contributed by atoms with E-state index in [4.69, 9.17) is 0 Å². The quantitative estimate of drug-likeness (QED) is 0.704. The van der Waals surface area contributed by atoms with Gasteiger partial charge in [0.25, 0.3) is 0 Å². The average Bonchev–Trinajstić information content (AvgIpc) is 2.36. The maximum Gasteiger partial charge on any atom is 0.164 e. The van der Waals surface area contributed by atoms with Crippen molar-refractivity contribution in [2.24, 2.45) is 0 Å². The monoisotopic (exact) mass is 269 g/mol. The molecule has 106 valence electrons. The van der Waals surface area contributed by atoms with E-state index in [1.54, 1.807) is 0 Å². The minimum Gasteiger partial charge on any atom is -0.303 e. The number of nitrogens with zero attached hydrogens (tertiary/aromatic N) is 1. The second-order valence-electron chi connectivity index (χ2n) is 4.78. The van der Waals surface area contributed by atoms with Crippen molar-refractivity contribution in [1.82, 2.24) is 4.90 Å². The summed E-state index contributed by atoms with van der Waals surface area (Å²) < 4.78 is 26.0. The van der Waals surface area contributed by atoms with Crippen molar-refractivity contribution in [3.05, 3.63) is 35.4 Å². The van der Waals surface area contributed by atoms with Crippen LogP contribution in [0.1, 0.15) is 43.5 Å². The predicted molar refractivity (Wildman–Crippen MR) is 72.3 cm³/mol. The van der Waals surface area contributed by atoms with E-state index in [-0.39, 0.29) is 17.8 Å². The predicted octanol–water partition coefficient (Wildman–Crippen LogP) is 3.66. The number of Topliss-reactive ketones (excluding diaryl/α,β-unsaturated/α-hetero) is 1. The Labute approximate surface area is 113 Å². The van der Waals surface area contributed by atoms with E-state index in [0.717, 1.165) is 31.0 Å². The third-order valence-corrected chi connectivity index (χ3v) is 3.44. The number of hydrogen-bond acceptors (Lipinski definition) is 2. The molecule has 0 saturated carbocycles. The zero-order chi connectivity index (χ0) is 14.4. The van der Waals surface area contributed by atoms with E-state index in [2.05, 4.69) is 18.7 Å². The Balaban J connectivity index is 2.60. The normalized spacial score (nSPS) is 11.3. The lowest BCUT2D eigenvalue weighted by Gasteiger charge is -2.25. The van der Waals surface area contributed by atoms with Gasteiger partial charge in [-0.2, -0.15) is 0 Å². The van der Waals surface area contributed by atoms with Gasteiger partial charge in [-0.05, 0) is 32.0 Å². The van der Waals surface area contributed by atoms with Crippen LogP contribution in [0.5, 0.6) is 0 Å². The summed E-state index contributed by atoms with van der Waals surface area (Å²) in [4.78, 5) is 14.0. The molecule has 0 aliphatic heterocycles. The van der Waals surface area contributed by atoms with Gasteiger partial charge in [-0.3, -0.25) is 4.79 Å². The number of ketones is 1. The Hall–Kier alpha value is -1.29. The van der Waals surface area contributed by atoms with Crippen LogP contribution in [0.25, 0.3) is 0 Å². The topological polar surface area (TPSA) is 20.3 Å². The van der Waals surface area contributed by atoms with Crippen LogP contribution in [0.2, 0.25) is 0 Å². The highest BCUT2D eigenvalue weighted by Gasteiger charge is 2.14. The Bertz CT molecular complexity index is 410. The number of carbonyl (C=O) groups is 1. The highest BCUT2D eigenvalue weighted by atomic mass is 19.1. The van der Waals surface area contributed by atoms with E-state index in [1.165, 1.54) is 0 Å². The summed E-state index contributed by atoms with van der Waals surface area (Å²) in [6.07, 6.45) is 2.32. The van der Waals surface area contributed by atoms with Crippen LogP contribution in [0.3, 0.4) is 0 Å². The van der Waals surface area contributed by atoms with Gasteiger partial charge < -0.3 is 4.90 Å². The molecule has 0 fully saturated rings. The van der Waals surface area contributed by atoms with Crippen LogP contribution < -0.4 is 0 Å². The average molecular weight is 269 g/mol. The van der Waals surface area contributed by atoms with Crippen LogP contribution in [0.15, 0.2) is 18.2 Å². The molecule has 0 N–H and O–H groups in total. The van der Waals surface area contributed by atoms with Crippen molar-refractivity contribution in [3.8, 4) is 0 Å². The number of hydrogen-bond donors (Lipinski definition) is 0. The van der Waals surface area contributed by atoms with E-state index in [0.29, 0.717) is 12.6 Å². The minimum absolute atomic E-state index is 0.107. The maximum absolute atomic E-state index is 13.0. The van der Waals surface area contributed by atoms with Crippen molar-refractivity contribution in [2.45, 2.75) is 39.2 Å². The summed E-state index contributed by atoms with van der Waals surface area (Å²) in [6, 6.07) is 3.38. The van der Waals surface area contributed by atoms with E-state index in [1.807, 2.05) is 7.05 Å². The number of halogens is 2. The highest BCUT2D eigenvalue weighted by Crippen LogP contribution is 2.12. The molecule has 0 aromatic heterocycles. The van der Waals surface area contributed by atoms with E-state index in [9.17, 15) is 13.6 Å². The lowest BCUT2D eigenvalue weighted by Crippen LogP contribution is -2.32. The first-order valence-corrected chi connectivity index (χ1v) is 6.67. The highest BCUT2D eigenvalue weighted by molar-refractivity contribution is 5.96. The first kappa shape index (κ1) is 15.8. The van der Waals surface area contributed by atoms with Crippen LogP contribution in [-0.4, -0.2) is 30.3 Å². The van der Waals surface area contributed by atoms with Gasteiger partial charge in [-0.25, -0.2) is 8.78 Å². The van der Waals surface area contributed by atoms with Crippen LogP contribution in [0, 0.1) is 11.6 Å². The first-order chi connectivity index (χ1) is 8.97. The molecule has 0 spiro atoms. The summed E-state index contributed by atoms with van der Waals surface area (Å²) in [7, 11) is 1.97. The van der Waals surface area contributed by atoms with Gasteiger partial charge >= 0.3 is 0 Å². The smallest absolute Gasteiger partial charge is 0.164 e. The second kappa shape index (κ2) is 7.34. The summed E-state index contributed by atoms with van der Waals surface area (Å²) in [5.74, 6) is -1.65. The fourth-order valence-electron chi connectivity index (χ4n) is 2.23. The Morgan fingerprint density at radius 1 is 1.16 bits per heavy atom. The van der Waals surface area contributed by atoms with Crippen LogP contribution in [-0.2, 0) is 0 Å². The molecule has 0 amide bonds. The molecule has 0 saturated heterocycles. The molecule has 0 atom stereocenters. The number of carbonyl (C=O) groups excluding carboxylic acids is 1. The molecule has 0 bridgehead atoms. The zero-order valence-electron chi connectivity index (χ0n) is 11.7. The molecule has 0 radical (unpaired) electrons. The molecule has 1 aromatic carbocycles. The number of rotatable bonds is 7. The van der Waals surface area contributed by atoms with Gasteiger partial charge in [0.1, 0.15) is 11.6 Å². The van der Waals surface area contributed by atoms with E-state index >= 15 is 0 Å². The Morgan fingerprint density at radius 2 is 1.68 bits per heavy atom. The largest absolute Gasteiger partial charge is 0.303 e.